The number of hydrogen-bond acceptors (Lipinski definition) is 5. The van der Waals surface area contributed by atoms with E-state index in [1.54, 1.807) is 4.90 Å². The molecule has 1 atom stereocenters. The van der Waals surface area contributed by atoms with Gasteiger partial charge in [0.15, 0.2) is 11.6 Å². The Morgan fingerprint density at radius 3 is 2.92 bits per heavy atom. The van der Waals surface area contributed by atoms with E-state index < -0.39 is 0 Å². The lowest BCUT2D eigenvalue weighted by Crippen LogP contribution is -2.42. The predicted octanol–water partition coefficient (Wildman–Crippen LogP) is 2.64. The quantitative estimate of drug-likeness (QED) is 0.932. The molecule has 1 fully saturated rings. The van der Waals surface area contributed by atoms with E-state index in [2.05, 4.69) is 15.2 Å². The van der Waals surface area contributed by atoms with Gasteiger partial charge < -0.3 is 14.4 Å². The van der Waals surface area contributed by atoms with Gasteiger partial charge in [0.25, 0.3) is 0 Å². The number of carbonyl (C=O) groups excluding carboxylic acids is 1. The van der Waals surface area contributed by atoms with Crippen molar-refractivity contribution >= 4 is 6.09 Å². The van der Waals surface area contributed by atoms with Gasteiger partial charge in [0.2, 0.25) is 0 Å². The molecule has 1 N–H and O–H groups in total. The maximum Gasteiger partial charge on any atom is 0.410 e. The number of carbonyl (C=O) groups is 1. The highest BCUT2D eigenvalue weighted by molar-refractivity contribution is 5.67. The Morgan fingerprint density at radius 1 is 1.42 bits per heavy atom. The van der Waals surface area contributed by atoms with Gasteiger partial charge >= 0.3 is 6.09 Å². The van der Waals surface area contributed by atoms with Crippen LogP contribution in [-0.2, 0) is 16.1 Å². The zero-order chi connectivity index (χ0) is 16.9. The van der Waals surface area contributed by atoms with Gasteiger partial charge in [-0.25, -0.2) is 9.78 Å². The first-order valence-electron chi connectivity index (χ1n) is 8.13. The fourth-order valence-corrected chi connectivity index (χ4v) is 2.48. The second kappa shape index (κ2) is 7.44. The highest BCUT2D eigenvalue weighted by Crippen LogP contribution is 2.21. The van der Waals surface area contributed by atoms with E-state index in [1.165, 1.54) is 0 Å². The normalized spacial score (nSPS) is 18.0. The molecule has 1 aliphatic rings. The third-order valence-electron chi connectivity index (χ3n) is 3.87. The zero-order valence-corrected chi connectivity index (χ0v) is 13.9. The van der Waals surface area contributed by atoms with Crippen LogP contribution in [0.15, 0.2) is 30.3 Å². The number of ether oxygens (including phenoxy) is 2. The Bertz CT molecular complexity index is 671. The van der Waals surface area contributed by atoms with E-state index in [0.717, 1.165) is 11.4 Å². The predicted molar refractivity (Wildman–Crippen MR) is 87.4 cm³/mol. The fraction of sp³-hybridized carbons (Fsp3) is 0.471. The van der Waals surface area contributed by atoms with E-state index in [9.17, 15) is 4.79 Å². The monoisotopic (exact) mass is 330 g/mol. The van der Waals surface area contributed by atoms with Crippen molar-refractivity contribution in [3.8, 4) is 0 Å². The molecule has 1 saturated heterocycles. The molecule has 1 aromatic heterocycles. The van der Waals surface area contributed by atoms with Gasteiger partial charge in [-0.05, 0) is 5.56 Å². The Morgan fingerprint density at radius 2 is 2.21 bits per heavy atom. The van der Waals surface area contributed by atoms with Gasteiger partial charge in [0.05, 0.1) is 13.2 Å². The molecule has 1 amide bonds. The van der Waals surface area contributed by atoms with Crippen molar-refractivity contribution in [3.05, 3.63) is 47.5 Å². The van der Waals surface area contributed by atoms with Crippen LogP contribution in [0.1, 0.15) is 43.1 Å². The zero-order valence-electron chi connectivity index (χ0n) is 13.9. The molecule has 0 bridgehead atoms. The number of nitrogens with one attached hydrogen (secondary N) is 1. The number of H-pyrrole nitrogens is 1. The highest BCUT2D eigenvalue weighted by Gasteiger charge is 2.28. The topological polar surface area (TPSA) is 80.3 Å². The average Bonchev–Trinajstić information content (AvgIpc) is 3.11. The molecule has 2 heterocycles. The molecular weight excluding hydrogens is 308 g/mol. The van der Waals surface area contributed by atoms with Crippen molar-refractivity contribution in [3.63, 3.8) is 0 Å². The summed E-state index contributed by atoms with van der Waals surface area (Å²) in [6.07, 6.45) is -0.640. The number of amides is 1. The van der Waals surface area contributed by atoms with Gasteiger partial charge in [-0.2, -0.15) is 5.10 Å². The van der Waals surface area contributed by atoms with Crippen LogP contribution in [0.3, 0.4) is 0 Å². The molecule has 0 radical (unpaired) electrons. The third kappa shape index (κ3) is 3.91. The van der Waals surface area contributed by atoms with Crippen molar-refractivity contribution in [1.29, 1.82) is 0 Å². The number of rotatable bonds is 4. The molecule has 128 valence electrons. The number of nitrogens with zero attached hydrogens (tertiary/aromatic N) is 3. The molecule has 3 rings (SSSR count). The molecule has 0 aliphatic carbocycles. The van der Waals surface area contributed by atoms with Crippen molar-refractivity contribution < 1.29 is 14.3 Å². The smallest absolute Gasteiger partial charge is 0.410 e. The standard InChI is InChI=1S/C17H22N4O3/c1-12(2)15-18-16(20-19-15)14-10-21(8-9-23-14)17(22)24-11-13-6-4-3-5-7-13/h3-7,12,14H,8-11H2,1-2H3,(H,18,19,20). The first kappa shape index (κ1) is 16.4. The lowest BCUT2D eigenvalue weighted by Gasteiger charge is -2.31. The molecule has 1 unspecified atom stereocenters. The van der Waals surface area contributed by atoms with Crippen molar-refractivity contribution in [2.45, 2.75) is 32.5 Å². The number of aromatic amines is 1. The molecule has 1 aromatic carbocycles. The molecule has 0 spiro atoms. The second-order valence-electron chi connectivity index (χ2n) is 6.08. The Labute approximate surface area is 141 Å². The third-order valence-corrected chi connectivity index (χ3v) is 3.87. The Kier molecular flexibility index (Phi) is 5.10. The molecule has 7 nitrogen and oxygen atoms in total. The minimum Gasteiger partial charge on any atom is -0.445 e. The van der Waals surface area contributed by atoms with E-state index in [0.29, 0.717) is 25.5 Å². The highest BCUT2D eigenvalue weighted by atomic mass is 16.6. The maximum absolute atomic E-state index is 12.3. The molecule has 1 aliphatic heterocycles. The number of aromatic nitrogens is 3. The minimum absolute atomic E-state index is 0.241. The van der Waals surface area contributed by atoms with Gasteiger partial charge in [0.1, 0.15) is 12.7 Å². The number of benzene rings is 1. The lowest BCUT2D eigenvalue weighted by atomic mass is 10.2. The van der Waals surface area contributed by atoms with Crippen LogP contribution in [0.25, 0.3) is 0 Å². The molecule has 0 saturated carbocycles. The largest absolute Gasteiger partial charge is 0.445 e. The SMILES string of the molecule is CC(C)c1n[nH]c(C2CN(C(=O)OCc3ccccc3)CCO2)n1. The van der Waals surface area contributed by atoms with Crippen LogP contribution in [0.2, 0.25) is 0 Å². The van der Waals surface area contributed by atoms with Crippen molar-refractivity contribution in [2.24, 2.45) is 0 Å². The maximum atomic E-state index is 12.3. The lowest BCUT2D eigenvalue weighted by molar-refractivity contribution is -0.0333. The van der Waals surface area contributed by atoms with Crippen molar-refractivity contribution in [1.82, 2.24) is 20.1 Å². The first-order valence-corrected chi connectivity index (χ1v) is 8.13. The van der Waals surface area contributed by atoms with Crippen LogP contribution in [0, 0.1) is 0 Å². The number of hydrogen-bond donors (Lipinski definition) is 1. The summed E-state index contributed by atoms with van der Waals surface area (Å²) >= 11 is 0. The molecule has 7 heteroatoms. The summed E-state index contributed by atoms with van der Waals surface area (Å²) in [6.45, 7) is 5.68. The summed E-state index contributed by atoms with van der Waals surface area (Å²) in [4.78, 5) is 18.4. The van der Waals surface area contributed by atoms with Gasteiger partial charge in [0, 0.05) is 12.5 Å². The molecule has 24 heavy (non-hydrogen) atoms. The van der Waals surface area contributed by atoms with Crippen LogP contribution in [-0.4, -0.2) is 45.9 Å². The van der Waals surface area contributed by atoms with Crippen LogP contribution in [0.4, 0.5) is 4.79 Å². The average molecular weight is 330 g/mol. The van der Waals surface area contributed by atoms with Crippen molar-refractivity contribution in [2.75, 3.05) is 19.7 Å². The summed E-state index contributed by atoms with van der Waals surface area (Å²) in [7, 11) is 0. The van der Waals surface area contributed by atoms with E-state index in [-0.39, 0.29) is 24.7 Å². The van der Waals surface area contributed by atoms with Crippen LogP contribution < -0.4 is 0 Å². The van der Waals surface area contributed by atoms with Crippen LogP contribution in [0.5, 0.6) is 0 Å². The van der Waals surface area contributed by atoms with E-state index in [4.69, 9.17) is 9.47 Å². The van der Waals surface area contributed by atoms with E-state index in [1.807, 2.05) is 44.2 Å². The first-order chi connectivity index (χ1) is 11.6. The van der Waals surface area contributed by atoms with Gasteiger partial charge in [-0.3, -0.25) is 5.10 Å². The minimum atomic E-state index is -0.337. The summed E-state index contributed by atoms with van der Waals surface area (Å²) in [5.74, 6) is 1.64. The Balaban J connectivity index is 1.57. The van der Waals surface area contributed by atoms with E-state index >= 15 is 0 Å². The second-order valence-corrected chi connectivity index (χ2v) is 6.08. The summed E-state index contributed by atoms with van der Waals surface area (Å²) in [6, 6.07) is 9.63. The van der Waals surface area contributed by atoms with Gasteiger partial charge in [-0.1, -0.05) is 44.2 Å². The fourth-order valence-electron chi connectivity index (χ4n) is 2.48. The molecular formula is C17H22N4O3. The molecule has 2 aromatic rings. The van der Waals surface area contributed by atoms with Gasteiger partial charge in [-0.15, -0.1) is 0 Å². The Hall–Kier alpha value is -2.41. The summed E-state index contributed by atoms with van der Waals surface area (Å²) in [5.41, 5.74) is 0.965. The van der Waals surface area contributed by atoms with Crippen LogP contribution >= 0.6 is 0 Å². The summed E-state index contributed by atoms with van der Waals surface area (Å²) in [5, 5.41) is 7.10. The summed E-state index contributed by atoms with van der Waals surface area (Å²) < 4.78 is 11.1. The number of morpholine rings is 1.